The van der Waals surface area contributed by atoms with Crippen LogP contribution in [0.4, 0.5) is 0 Å². The molecular weight excluding hydrogens is 330 g/mol. The first-order valence-corrected chi connectivity index (χ1v) is 8.50. The molecule has 1 aromatic rings. The number of halogens is 1. The highest BCUT2D eigenvalue weighted by molar-refractivity contribution is 6.31. The van der Waals surface area contributed by atoms with Gasteiger partial charge in [-0.1, -0.05) is 18.5 Å². The molecule has 0 bridgehead atoms. The van der Waals surface area contributed by atoms with Crippen molar-refractivity contribution in [1.29, 1.82) is 0 Å². The Morgan fingerprint density at radius 3 is 3.12 bits per heavy atom. The Kier molecular flexibility index (Phi) is 7.11. The van der Waals surface area contributed by atoms with Crippen molar-refractivity contribution in [3.8, 4) is 5.88 Å². The molecule has 1 fully saturated rings. The number of carbonyl (C=O) groups is 1. The molecule has 2 heterocycles. The van der Waals surface area contributed by atoms with Gasteiger partial charge in [-0.15, -0.1) is 0 Å². The standard InChI is InChI=1S/C16H24ClN5O2/c1-3-14(23)22-9-6-12(11-22)21-16(18-2)20-8-10-24-15-13(17)5-4-7-19-15/h4-5,7,12H,3,6,8-11H2,1-2H3,(H2,18,20,21). The lowest BCUT2D eigenvalue weighted by Gasteiger charge is -2.18. The molecule has 8 heteroatoms. The topological polar surface area (TPSA) is 78.9 Å². The number of nitrogens with zero attached hydrogens (tertiary/aromatic N) is 3. The SMILES string of the molecule is CCC(=O)N1CCC(NC(=NC)NCCOc2ncccc2Cl)C1. The van der Waals surface area contributed by atoms with Gasteiger partial charge in [0.15, 0.2) is 5.96 Å². The van der Waals surface area contributed by atoms with Gasteiger partial charge in [-0.05, 0) is 18.6 Å². The van der Waals surface area contributed by atoms with E-state index in [1.807, 2.05) is 11.8 Å². The van der Waals surface area contributed by atoms with Crippen LogP contribution in [0.3, 0.4) is 0 Å². The number of ether oxygens (including phenoxy) is 1. The second-order valence-corrected chi connectivity index (χ2v) is 5.87. The van der Waals surface area contributed by atoms with Gasteiger partial charge < -0.3 is 20.3 Å². The number of nitrogens with one attached hydrogen (secondary N) is 2. The molecule has 1 aliphatic heterocycles. The minimum absolute atomic E-state index is 0.197. The number of hydrogen-bond donors (Lipinski definition) is 2. The van der Waals surface area contributed by atoms with Gasteiger partial charge in [0.2, 0.25) is 11.8 Å². The van der Waals surface area contributed by atoms with E-state index in [-0.39, 0.29) is 11.9 Å². The number of pyridine rings is 1. The summed E-state index contributed by atoms with van der Waals surface area (Å²) in [5.41, 5.74) is 0. The minimum Gasteiger partial charge on any atom is -0.475 e. The zero-order valence-corrected chi connectivity index (χ0v) is 14.8. The van der Waals surface area contributed by atoms with Crippen molar-refractivity contribution in [2.45, 2.75) is 25.8 Å². The van der Waals surface area contributed by atoms with Gasteiger partial charge in [0, 0.05) is 38.8 Å². The first-order valence-electron chi connectivity index (χ1n) is 8.12. The summed E-state index contributed by atoms with van der Waals surface area (Å²) in [5.74, 6) is 1.32. The molecule has 1 aliphatic rings. The van der Waals surface area contributed by atoms with Crippen LogP contribution in [0.2, 0.25) is 5.02 Å². The first kappa shape index (κ1) is 18.3. The van der Waals surface area contributed by atoms with Crippen LogP contribution in [-0.4, -0.2) is 61.1 Å². The smallest absolute Gasteiger partial charge is 0.232 e. The molecule has 1 aromatic heterocycles. The maximum atomic E-state index is 11.7. The van der Waals surface area contributed by atoms with Gasteiger partial charge in [-0.25, -0.2) is 4.98 Å². The second kappa shape index (κ2) is 9.32. The van der Waals surface area contributed by atoms with Crippen molar-refractivity contribution < 1.29 is 9.53 Å². The normalized spacial score (nSPS) is 17.7. The summed E-state index contributed by atoms with van der Waals surface area (Å²) in [6.07, 6.45) is 3.11. The van der Waals surface area contributed by atoms with E-state index in [4.69, 9.17) is 16.3 Å². The maximum Gasteiger partial charge on any atom is 0.232 e. The van der Waals surface area contributed by atoms with Crippen LogP contribution in [0, 0.1) is 0 Å². The van der Waals surface area contributed by atoms with Crippen LogP contribution in [0.5, 0.6) is 5.88 Å². The summed E-state index contributed by atoms with van der Waals surface area (Å²) in [5, 5.41) is 7.01. The lowest BCUT2D eigenvalue weighted by molar-refractivity contribution is -0.129. The predicted octanol–water partition coefficient (Wildman–Crippen LogP) is 1.29. The summed E-state index contributed by atoms with van der Waals surface area (Å²) < 4.78 is 5.52. The van der Waals surface area contributed by atoms with Crippen LogP contribution in [-0.2, 0) is 4.79 Å². The highest BCUT2D eigenvalue weighted by Gasteiger charge is 2.25. The van der Waals surface area contributed by atoms with Crippen LogP contribution in [0.25, 0.3) is 0 Å². The van der Waals surface area contributed by atoms with E-state index in [0.717, 1.165) is 13.0 Å². The largest absolute Gasteiger partial charge is 0.475 e. The molecule has 0 radical (unpaired) electrons. The Hall–Kier alpha value is -2.02. The molecule has 0 saturated carbocycles. The van der Waals surface area contributed by atoms with Gasteiger partial charge >= 0.3 is 0 Å². The predicted molar refractivity (Wildman–Crippen MR) is 94.5 cm³/mol. The fourth-order valence-corrected chi connectivity index (χ4v) is 2.69. The third kappa shape index (κ3) is 5.26. The minimum atomic E-state index is 0.197. The van der Waals surface area contributed by atoms with Crippen molar-refractivity contribution in [1.82, 2.24) is 20.5 Å². The first-order chi connectivity index (χ1) is 11.6. The maximum absolute atomic E-state index is 11.7. The highest BCUT2D eigenvalue weighted by Crippen LogP contribution is 2.19. The molecule has 1 atom stereocenters. The van der Waals surface area contributed by atoms with Gasteiger partial charge in [0.25, 0.3) is 0 Å². The van der Waals surface area contributed by atoms with Crippen molar-refractivity contribution in [3.63, 3.8) is 0 Å². The van der Waals surface area contributed by atoms with Crippen molar-refractivity contribution >= 4 is 23.5 Å². The van der Waals surface area contributed by atoms with E-state index in [1.165, 1.54) is 0 Å². The van der Waals surface area contributed by atoms with Crippen molar-refractivity contribution in [2.24, 2.45) is 4.99 Å². The highest BCUT2D eigenvalue weighted by atomic mass is 35.5. The van der Waals surface area contributed by atoms with E-state index >= 15 is 0 Å². The molecule has 2 N–H and O–H groups in total. The zero-order chi connectivity index (χ0) is 17.4. The molecule has 0 spiro atoms. The molecule has 1 saturated heterocycles. The lowest BCUT2D eigenvalue weighted by Crippen LogP contribution is -2.46. The Morgan fingerprint density at radius 1 is 1.58 bits per heavy atom. The molecule has 0 aliphatic carbocycles. The van der Waals surface area contributed by atoms with Gasteiger partial charge in [-0.2, -0.15) is 0 Å². The fourth-order valence-electron chi connectivity index (χ4n) is 2.51. The molecule has 1 amide bonds. The van der Waals surface area contributed by atoms with Gasteiger partial charge in [0.05, 0.1) is 6.54 Å². The monoisotopic (exact) mass is 353 g/mol. The molecule has 132 valence electrons. The van der Waals surface area contributed by atoms with Crippen LogP contribution in [0.1, 0.15) is 19.8 Å². The Morgan fingerprint density at radius 2 is 2.42 bits per heavy atom. The summed E-state index contributed by atoms with van der Waals surface area (Å²) in [6, 6.07) is 3.71. The molecule has 7 nitrogen and oxygen atoms in total. The van der Waals surface area contributed by atoms with Crippen molar-refractivity contribution in [2.75, 3.05) is 33.3 Å². The quantitative estimate of drug-likeness (QED) is 0.457. The molecular formula is C16H24ClN5O2. The number of aromatic nitrogens is 1. The van der Waals surface area contributed by atoms with Crippen molar-refractivity contribution in [3.05, 3.63) is 23.4 Å². The van der Waals surface area contributed by atoms with Crippen LogP contribution >= 0.6 is 11.6 Å². The van der Waals surface area contributed by atoms with E-state index in [9.17, 15) is 4.79 Å². The third-order valence-electron chi connectivity index (χ3n) is 3.77. The molecule has 24 heavy (non-hydrogen) atoms. The number of aliphatic imine (C=N–C) groups is 1. The Bertz CT molecular complexity index is 581. The Labute approximate surface area is 147 Å². The Balaban J connectivity index is 1.70. The van der Waals surface area contributed by atoms with E-state index in [2.05, 4.69) is 20.6 Å². The number of amides is 1. The summed E-state index contributed by atoms with van der Waals surface area (Å²) in [4.78, 5) is 21.9. The summed E-state index contributed by atoms with van der Waals surface area (Å²) >= 11 is 5.98. The number of carbonyl (C=O) groups excluding carboxylic acids is 1. The summed E-state index contributed by atoms with van der Waals surface area (Å²) in [6.45, 7) is 4.38. The van der Waals surface area contributed by atoms with Crippen LogP contribution < -0.4 is 15.4 Å². The van der Waals surface area contributed by atoms with Crippen LogP contribution in [0.15, 0.2) is 23.3 Å². The summed E-state index contributed by atoms with van der Waals surface area (Å²) in [7, 11) is 1.72. The number of likely N-dealkylation sites (tertiary alicyclic amines) is 1. The number of guanidine groups is 1. The fraction of sp³-hybridized carbons (Fsp3) is 0.562. The average Bonchev–Trinajstić information content (AvgIpc) is 3.06. The average molecular weight is 354 g/mol. The third-order valence-corrected chi connectivity index (χ3v) is 4.05. The van der Waals surface area contributed by atoms with E-state index in [0.29, 0.717) is 43.0 Å². The van der Waals surface area contributed by atoms with Gasteiger partial charge in [0.1, 0.15) is 11.6 Å². The van der Waals surface area contributed by atoms with E-state index < -0.39 is 0 Å². The van der Waals surface area contributed by atoms with Gasteiger partial charge in [-0.3, -0.25) is 9.79 Å². The number of hydrogen-bond acceptors (Lipinski definition) is 4. The lowest BCUT2D eigenvalue weighted by atomic mass is 10.3. The molecule has 1 unspecified atom stereocenters. The number of rotatable bonds is 6. The zero-order valence-electron chi connectivity index (χ0n) is 14.1. The molecule has 0 aromatic carbocycles. The molecule has 2 rings (SSSR count). The second-order valence-electron chi connectivity index (χ2n) is 5.46. The van der Waals surface area contributed by atoms with E-state index in [1.54, 1.807) is 25.4 Å².